The summed E-state index contributed by atoms with van der Waals surface area (Å²) in [5, 5.41) is 13.0. The fraction of sp³-hybridized carbons (Fsp3) is 0.111. The van der Waals surface area contributed by atoms with Crippen molar-refractivity contribution in [2.45, 2.75) is 13.8 Å². The summed E-state index contributed by atoms with van der Waals surface area (Å²) in [6, 6.07) is 0. The van der Waals surface area contributed by atoms with Crippen molar-refractivity contribution in [3.05, 3.63) is 85.2 Å². The molecule has 1 aromatic heterocycles. The number of nitrogens with one attached hydrogen (secondary N) is 2. The van der Waals surface area contributed by atoms with Crippen LogP contribution in [0.2, 0.25) is 0 Å². The smallest absolute Gasteiger partial charge is 0.326 e. The number of imidazole rings is 1. The molecule has 0 fully saturated rings. The van der Waals surface area contributed by atoms with E-state index in [4.69, 9.17) is 0 Å². The van der Waals surface area contributed by atoms with Crippen LogP contribution in [0, 0.1) is 6.92 Å². The summed E-state index contributed by atoms with van der Waals surface area (Å²) in [6.45, 7) is 14.3. The number of aromatic amines is 1. The van der Waals surface area contributed by atoms with Crippen LogP contribution in [0.3, 0.4) is 0 Å². The van der Waals surface area contributed by atoms with E-state index in [1.54, 1.807) is 31.2 Å². The molecule has 0 saturated carbocycles. The van der Waals surface area contributed by atoms with E-state index >= 15 is 0 Å². The number of H-pyrrole nitrogens is 1. The van der Waals surface area contributed by atoms with Crippen molar-refractivity contribution in [3.8, 4) is 0 Å². The van der Waals surface area contributed by atoms with Gasteiger partial charge in [0.05, 0.1) is 5.57 Å². The Kier molecular flexibility index (Phi) is 6.55. The van der Waals surface area contributed by atoms with E-state index in [-0.39, 0.29) is 5.69 Å². The summed E-state index contributed by atoms with van der Waals surface area (Å²) < 4.78 is 0.835. The second kappa shape index (κ2) is 8.38. The highest BCUT2D eigenvalue weighted by Crippen LogP contribution is 2.13. The van der Waals surface area contributed by atoms with E-state index in [2.05, 4.69) is 30.0 Å². The van der Waals surface area contributed by atoms with E-state index in [1.807, 2.05) is 13.0 Å². The van der Waals surface area contributed by atoms with Crippen molar-refractivity contribution in [2.24, 2.45) is 0 Å². The van der Waals surface area contributed by atoms with Gasteiger partial charge in [-0.2, -0.15) is 0 Å². The quantitative estimate of drug-likeness (QED) is 0.411. The largest absolute Gasteiger partial charge is 0.349 e. The van der Waals surface area contributed by atoms with Gasteiger partial charge in [-0.3, -0.25) is 4.79 Å². The zero-order valence-electron chi connectivity index (χ0n) is 13.5. The monoisotopic (exact) mass is 312 g/mol. The normalized spacial score (nSPS) is 12.3. The predicted octanol–water partition coefficient (Wildman–Crippen LogP) is 2.98. The summed E-state index contributed by atoms with van der Waals surface area (Å²) in [4.78, 5) is 15.4. The highest BCUT2D eigenvalue weighted by Gasteiger charge is 2.29. The number of allylic oxidation sites excluding steroid dienone is 8. The van der Waals surface area contributed by atoms with Crippen LogP contribution in [-0.2, 0) is 0 Å². The van der Waals surface area contributed by atoms with Crippen molar-refractivity contribution < 1.29 is 14.7 Å². The molecule has 0 radical (unpaired) electrons. The number of rotatable bonds is 7. The summed E-state index contributed by atoms with van der Waals surface area (Å²) in [7, 11) is 0. The first-order chi connectivity index (χ1) is 11.0. The number of carbonyl (C=O) groups excluding carboxylic acids is 1. The lowest BCUT2D eigenvalue weighted by Crippen LogP contribution is -2.42. The lowest BCUT2D eigenvalue weighted by atomic mass is 10.2. The van der Waals surface area contributed by atoms with Gasteiger partial charge < -0.3 is 10.5 Å². The molecular weight excluding hydrogens is 290 g/mol. The van der Waals surface area contributed by atoms with Crippen molar-refractivity contribution in [1.82, 2.24) is 10.3 Å². The summed E-state index contributed by atoms with van der Waals surface area (Å²) in [5.74, 6) is -0.0512. The molecule has 5 heteroatoms. The van der Waals surface area contributed by atoms with Crippen molar-refractivity contribution in [3.63, 3.8) is 0 Å². The van der Waals surface area contributed by atoms with Gasteiger partial charge in [0.2, 0.25) is 0 Å². The van der Waals surface area contributed by atoms with Crippen molar-refractivity contribution in [2.75, 3.05) is 0 Å². The first kappa shape index (κ1) is 18.0. The lowest BCUT2D eigenvalue weighted by molar-refractivity contribution is -0.906. The van der Waals surface area contributed by atoms with Crippen LogP contribution < -0.4 is 10.0 Å². The Morgan fingerprint density at radius 1 is 1.30 bits per heavy atom. The van der Waals surface area contributed by atoms with Gasteiger partial charge in [-0.25, -0.2) is 4.98 Å². The molecule has 0 unspecified atom stereocenters. The topological polar surface area (TPSA) is 69.0 Å². The highest BCUT2D eigenvalue weighted by molar-refractivity contribution is 5.93. The van der Waals surface area contributed by atoms with Crippen LogP contribution >= 0.6 is 0 Å². The predicted molar refractivity (Wildman–Crippen MR) is 91.8 cm³/mol. The Morgan fingerprint density at radius 2 is 2.00 bits per heavy atom. The Labute approximate surface area is 136 Å². The highest BCUT2D eigenvalue weighted by atomic mass is 16.5. The number of carbonyl (C=O) groups is 1. The molecule has 3 N–H and O–H groups in total. The SMILES string of the molecule is C=C/C=C\C(=C/C)c1[nH]c(C)c(C(=O)N/C(C=C)=C/C=C)[n+]1O. The molecule has 1 amide bonds. The zero-order chi connectivity index (χ0) is 17.4. The molecule has 120 valence electrons. The molecule has 0 atom stereocenters. The molecule has 0 saturated heterocycles. The number of nitrogens with zero attached hydrogens (tertiary/aromatic N) is 1. The van der Waals surface area contributed by atoms with Crippen LogP contribution in [-0.4, -0.2) is 16.1 Å². The van der Waals surface area contributed by atoms with Gasteiger partial charge >= 0.3 is 11.7 Å². The van der Waals surface area contributed by atoms with Crippen molar-refractivity contribution >= 4 is 11.5 Å². The van der Waals surface area contributed by atoms with Crippen molar-refractivity contribution in [1.29, 1.82) is 0 Å². The Hall–Kier alpha value is -3.08. The molecule has 5 nitrogen and oxygen atoms in total. The van der Waals surface area contributed by atoms with Gasteiger partial charge in [0.25, 0.3) is 5.69 Å². The molecule has 23 heavy (non-hydrogen) atoms. The van der Waals surface area contributed by atoms with Gasteiger partial charge in [-0.05, 0) is 29.9 Å². The molecule has 0 aliphatic heterocycles. The van der Waals surface area contributed by atoms with Crippen LogP contribution in [0.25, 0.3) is 5.57 Å². The van der Waals surface area contributed by atoms with Gasteiger partial charge in [0.15, 0.2) is 5.69 Å². The second-order valence-corrected chi connectivity index (χ2v) is 4.61. The molecule has 1 heterocycles. The van der Waals surface area contributed by atoms with E-state index in [1.165, 1.54) is 12.2 Å². The number of hydrogen-bond donors (Lipinski definition) is 3. The molecule has 0 aromatic carbocycles. The maximum Gasteiger partial charge on any atom is 0.326 e. The minimum atomic E-state index is -0.455. The van der Waals surface area contributed by atoms with Gasteiger partial charge in [-0.15, -0.1) is 0 Å². The Morgan fingerprint density at radius 3 is 2.52 bits per heavy atom. The fourth-order valence-electron chi connectivity index (χ4n) is 1.98. The summed E-state index contributed by atoms with van der Waals surface area (Å²) in [6.07, 6.45) is 11.6. The summed E-state index contributed by atoms with van der Waals surface area (Å²) >= 11 is 0. The molecule has 0 aliphatic carbocycles. The van der Waals surface area contributed by atoms with E-state index in [9.17, 15) is 10.0 Å². The minimum absolute atomic E-state index is 0.114. The number of amides is 1. The lowest BCUT2D eigenvalue weighted by Gasteiger charge is -2.03. The number of aromatic nitrogens is 2. The van der Waals surface area contributed by atoms with Gasteiger partial charge in [-0.1, -0.05) is 44.0 Å². The first-order valence-electron chi connectivity index (χ1n) is 7.06. The molecular formula is C18H22N3O2+. The third-order valence-electron chi connectivity index (χ3n) is 3.07. The first-order valence-corrected chi connectivity index (χ1v) is 7.06. The molecule has 0 spiro atoms. The third-order valence-corrected chi connectivity index (χ3v) is 3.07. The van der Waals surface area contributed by atoms with E-state index < -0.39 is 5.91 Å². The number of aryl methyl sites for hydroxylation is 1. The van der Waals surface area contributed by atoms with Gasteiger partial charge in [0, 0.05) is 12.6 Å². The Balaban J connectivity index is 3.25. The third kappa shape index (κ3) is 4.20. The Bertz CT molecular complexity index is 719. The molecule has 1 rings (SSSR count). The van der Waals surface area contributed by atoms with Crippen LogP contribution in [0.5, 0.6) is 0 Å². The second-order valence-electron chi connectivity index (χ2n) is 4.61. The van der Waals surface area contributed by atoms with Crippen LogP contribution in [0.1, 0.15) is 28.9 Å². The number of hydrogen-bond acceptors (Lipinski definition) is 2. The maximum atomic E-state index is 12.4. The van der Waals surface area contributed by atoms with Gasteiger partial charge in [0.1, 0.15) is 0 Å². The van der Waals surface area contributed by atoms with E-state index in [0.29, 0.717) is 17.2 Å². The van der Waals surface area contributed by atoms with Crippen LogP contribution in [0.15, 0.2) is 68.0 Å². The minimum Gasteiger partial charge on any atom is -0.349 e. The standard InChI is InChI=1S/C18H21N3O2/c1-6-10-12-14(8-3)17-19-13(5)16(21(17)23)18(22)20-15(9-4)11-7-2/h6-12,23H,1-2,4H2,3,5H3,(H,20,22)/p+1/b12-10-,14-8+,15-11+. The van der Waals surface area contributed by atoms with Crippen LogP contribution in [0.4, 0.5) is 0 Å². The average molecular weight is 312 g/mol. The molecule has 0 bridgehead atoms. The molecule has 1 aromatic rings. The zero-order valence-corrected chi connectivity index (χ0v) is 13.5. The van der Waals surface area contributed by atoms with E-state index in [0.717, 1.165) is 10.3 Å². The maximum absolute atomic E-state index is 12.4. The average Bonchev–Trinajstić information content (AvgIpc) is 2.82. The summed E-state index contributed by atoms with van der Waals surface area (Å²) in [5.41, 5.74) is 1.86. The molecule has 0 aliphatic rings. The fourth-order valence-corrected chi connectivity index (χ4v) is 1.98.